The van der Waals surface area contributed by atoms with Gasteiger partial charge in [-0.15, -0.1) is 0 Å². The monoisotopic (exact) mass is 1380 g/mol. The van der Waals surface area contributed by atoms with Crippen LogP contribution >= 0.6 is 0 Å². The smallest absolute Gasteiger partial charge is 0.315 e. The summed E-state index contributed by atoms with van der Waals surface area (Å²) < 4.78 is 73.4. The minimum absolute atomic E-state index is 0.0105. The topological polar surface area (TPSA) is 509 Å². The maximum absolute atomic E-state index is 16.1. The molecular formula is C64H102O32. The van der Waals surface area contributed by atoms with Crippen LogP contribution in [0.5, 0.6) is 0 Å². The number of carbonyl (C=O) groups excluding carboxylic acids is 1. The SMILES string of the molecule is CC1OC(OC2C(O)C(C)OC(OC(=O)C34CCC(C)(C)CC3C3=CCC5C6(C)CC(O)C(OC7OC(CO)C(O)C(O)C7O)C(C)(C(=O)O)C6CCC5(C)C3(CO)CC4)C2OC2OC(C)C(OC3OCC(O)C(O)C3O)C(OC3OCC(O)(CO)C3O)C2O)C(O)C(O)C1O. The number of carboxylic acid groups (broad SMARTS) is 1. The number of fused-ring (bicyclic) bond motifs is 7. The number of hydrogen-bond donors (Lipinski definition) is 18. The molecule has 550 valence electrons. The average molecular weight is 1380 g/mol. The van der Waals surface area contributed by atoms with Crippen LogP contribution < -0.4 is 0 Å². The summed E-state index contributed by atoms with van der Waals surface area (Å²) in [5.74, 6) is -3.86. The molecule has 6 heterocycles. The number of allylic oxidation sites excluding steroid dienone is 1. The molecule has 0 spiro atoms. The molecule has 11 aliphatic rings. The van der Waals surface area contributed by atoms with Crippen molar-refractivity contribution in [2.24, 2.45) is 50.2 Å². The fourth-order valence-electron chi connectivity index (χ4n) is 19.0. The second kappa shape index (κ2) is 27.3. The third-order valence-electron chi connectivity index (χ3n) is 24.9. The van der Waals surface area contributed by atoms with Crippen molar-refractivity contribution in [2.75, 3.05) is 33.0 Å². The average Bonchev–Trinajstić information content (AvgIpc) is 0.699. The number of aliphatic hydroxyl groups is 17. The van der Waals surface area contributed by atoms with Crippen molar-refractivity contribution in [1.82, 2.24) is 0 Å². The van der Waals surface area contributed by atoms with Crippen molar-refractivity contribution in [3.63, 3.8) is 0 Å². The van der Waals surface area contributed by atoms with E-state index in [-0.39, 0.29) is 32.1 Å². The van der Waals surface area contributed by atoms with Crippen molar-refractivity contribution in [3.8, 4) is 0 Å². The summed E-state index contributed by atoms with van der Waals surface area (Å²) in [6.45, 7) is 10.5. The number of aliphatic carboxylic acids is 1. The Labute approximate surface area is 554 Å². The summed E-state index contributed by atoms with van der Waals surface area (Å²) in [4.78, 5) is 30.0. The normalized spacial score (nSPS) is 55.0. The highest BCUT2D eigenvalue weighted by Gasteiger charge is 2.74. The van der Waals surface area contributed by atoms with Crippen molar-refractivity contribution in [2.45, 2.75) is 291 Å². The van der Waals surface area contributed by atoms with Gasteiger partial charge < -0.3 is 149 Å². The van der Waals surface area contributed by atoms with Crippen molar-refractivity contribution >= 4 is 11.9 Å². The van der Waals surface area contributed by atoms with E-state index in [0.29, 0.717) is 25.7 Å². The highest BCUT2D eigenvalue weighted by molar-refractivity contribution is 5.79. The molecule has 0 aromatic carbocycles. The Balaban J connectivity index is 0.921. The molecule has 0 aromatic heterocycles. The summed E-state index contributed by atoms with van der Waals surface area (Å²) in [5, 5.41) is 200. The van der Waals surface area contributed by atoms with Crippen LogP contribution in [-0.2, 0) is 66.4 Å². The van der Waals surface area contributed by atoms with E-state index < -0.39 is 273 Å². The van der Waals surface area contributed by atoms with Crippen LogP contribution in [0.25, 0.3) is 0 Å². The molecule has 32 nitrogen and oxygen atoms in total. The van der Waals surface area contributed by atoms with Gasteiger partial charge in [-0.05, 0) is 119 Å². The predicted molar refractivity (Wildman–Crippen MR) is 317 cm³/mol. The molecule has 0 aromatic rings. The molecule has 11 rings (SSSR count). The molecule has 4 saturated carbocycles. The van der Waals surface area contributed by atoms with Gasteiger partial charge in [-0.1, -0.05) is 39.3 Å². The summed E-state index contributed by atoms with van der Waals surface area (Å²) >= 11 is 0. The molecule has 10 fully saturated rings. The molecule has 0 amide bonds. The second-order valence-corrected chi connectivity index (χ2v) is 30.9. The molecule has 18 N–H and O–H groups in total. The molecule has 5 aliphatic carbocycles. The minimum Gasteiger partial charge on any atom is -0.481 e. The number of aliphatic hydroxyl groups excluding tert-OH is 16. The van der Waals surface area contributed by atoms with Crippen LogP contribution in [0.3, 0.4) is 0 Å². The molecule has 96 heavy (non-hydrogen) atoms. The lowest BCUT2D eigenvalue weighted by Gasteiger charge is -2.71. The number of carboxylic acids is 1. The first-order chi connectivity index (χ1) is 44.9. The number of ether oxygens (including phenoxy) is 12. The number of carbonyl (C=O) groups is 2. The first kappa shape index (κ1) is 74.7. The van der Waals surface area contributed by atoms with Crippen LogP contribution in [0.4, 0.5) is 0 Å². The highest BCUT2D eigenvalue weighted by atomic mass is 16.8. The van der Waals surface area contributed by atoms with Gasteiger partial charge in [-0.25, -0.2) is 0 Å². The Bertz CT molecular complexity index is 2780. The van der Waals surface area contributed by atoms with E-state index in [1.807, 2.05) is 13.0 Å². The van der Waals surface area contributed by atoms with Crippen LogP contribution in [0.2, 0.25) is 0 Å². The maximum Gasteiger partial charge on any atom is 0.315 e. The molecule has 37 unspecified atom stereocenters. The lowest BCUT2D eigenvalue weighted by molar-refractivity contribution is -0.397. The molecule has 32 heteroatoms. The van der Waals surface area contributed by atoms with Crippen LogP contribution in [0.15, 0.2) is 11.6 Å². The van der Waals surface area contributed by atoms with E-state index in [9.17, 15) is 96.7 Å². The van der Waals surface area contributed by atoms with Gasteiger partial charge >= 0.3 is 11.9 Å². The summed E-state index contributed by atoms with van der Waals surface area (Å²) in [5.41, 5.74) is -7.97. The van der Waals surface area contributed by atoms with Gasteiger partial charge in [0.25, 0.3) is 0 Å². The van der Waals surface area contributed by atoms with E-state index in [2.05, 4.69) is 20.8 Å². The van der Waals surface area contributed by atoms with Gasteiger partial charge in [0.05, 0.1) is 68.3 Å². The fraction of sp³-hybridized carbons (Fsp3) is 0.938. The number of esters is 1. The molecule has 0 radical (unpaired) electrons. The van der Waals surface area contributed by atoms with Crippen LogP contribution in [0.1, 0.15) is 113 Å². The van der Waals surface area contributed by atoms with E-state index >= 15 is 4.79 Å². The van der Waals surface area contributed by atoms with Gasteiger partial charge in [-0.3, -0.25) is 9.59 Å². The van der Waals surface area contributed by atoms with E-state index in [0.717, 1.165) is 5.57 Å². The molecule has 0 bridgehead atoms. The predicted octanol–water partition coefficient (Wildman–Crippen LogP) is -5.02. The Morgan fingerprint density at radius 3 is 1.76 bits per heavy atom. The van der Waals surface area contributed by atoms with Crippen LogP contribution in [0, 0.1) is 50.2 Å². The number of rotatable bonds is 16. The van der Waals surface area contributed by atoms with Gasteiger partial charge in [0.15, 0.2) is 37.6 Å². The van der Waals surface area contributed by atoms with Gasteiger partial charge in [0.1, 0.15) is 109 Å². The lowest BCUT2D eigenvalue weighted by atomic mass is 9.33. The largest absolute Gasteiger partial charge is 0.481 e. The second-order valence-electron chi connectivity index (χ2n) is 30.9. The van der Waals surface area contributed by atoms with E-state index in [1.54, 1.807) is 0 Å². The quantitative estimate of drug-likeness (QED) is 0.0391. The van der Waals surface area contributed by atoms with Gasteiger partial charge in [0.2, 0.25) is 6.29 Å². The third-order valence-corrected chi connectivity index (χ3v) is 24.9. The van der Waals surface area contributed by atoms with Gasteiger partial charge in [-0.2, -0.15) is 0 Å². The fourth-order valence-corrected chi connectivity index (χ4v) is 19.0. The lowest BCUT2D eigenvalue weighted by Crippen LogP contribution is -2.71. The summed E-state index contributed by atoms with van der Waals surface area (Å²) in [6, 6.07) is 0. The Morgan fingerprint density at radius 1 is 0.542 bits per heavy atom. The minimum atomic E-state index is -2.25. The van der Waals surface area contributed by atoms with Crippen molar-refractivity contribution < 1.29 is 158 Å². The molecule has 6 saturated heterocycles. The molecular weight excluding hydrogens is 1280 g/mol. The maximum atomic E-state index is 16.1. The van der Waals surface area contributed by atoms with Gasteiger partial charge in [0, 0.05) is 5.41 Å². The zero-order valence-electron chi connectivity index (χ0n) is 55.1. The van der Waals surface area contributed by atoms with E-state index in [1.165, 1.54) is 27.7 Å². The Hall–Kier alpha value is -2.44. The van der Waals surface area contributed by atoms with Crippen molar-refractivity contribution in [3.05, 3.63) is 11.6 Å². The summed E-state index contributed by atoms with van der Waals surface area (Å²) in [6.07, 6.45) is -43.8. The first-order valence-electron chi connectivity index (χ1n) is 33.6. The first-order valence-corrected chi connectivity index (χ1v) is 33.6. The standard InChI is InChI=1S/C64H102O32/c1-24-34(70)38(74)41(77)51(87-24)92-45-35(71)25(2)88-54(47(45)94-53-43(79)46(93-55-48(80)64(84,22-67)23-86-55)44(26(3)89-53)91-50-40(76)36(72)30(69)20-85-50)96-57(83)62-14-13-58(4,5)17-28(62)27-9-10-32-59(6)18-29(68)49(95-52-42(78)39(75)37(73)31(19-65)90-52)61(8,56(81)82)33(59)11-12-60(32,7)63(27,21-66)16-15-62/h9,24-26,28-55,65-80,84H,10-23H2,1-8H3,(H,81,82). The van der Waals surface area contributed by atoms with Crippen LogP contribution in [-0.4, -0.2) is 315 Å². The highest BCUT2D eigenvalue weighted by Crippen LogP contribution is 2.76. The van der Waals surface area contributed by atoms with Crippen molar-refractivity contribution in [1.29, 1.82) is 0 Å². The third kappa shape index (κ3) is 12.2. The Morgan fingerprint density at radius 2 is 1.11 bits per heavy atom. The summed E-state index contributed by atoms with van der Waals surface area (Å²) in [7, 11) is 0. The van der Waals surface area contributed by atoms with E-state index in [4.69, 9.17) is 56.8 Å². The molecule has 37 atom stereocenters. The molecule has 6 aliphatic heterocycles. The zero-order chi connectivity index (χ0) is 70.2. The number of hydrogen-bond acceptors (Lipinski definition) is 31. The zero-order valence-corrected chi connectivity index (χ0v) is 55.1. The Kier molecular flexibility index (Phi) is 21.3.